The van der Waals surface area contributed by atoms with Crippen LogP contribution in [0.1, 0.15) is 5.56 Å². The molecule has 4 nitrogen and oxygen atoms in total. The molecule has 0 bridgehead atoms. The Morgan fingerprint density at radius 2 is 1.59 bits per heavy atom. The number of ether oxygens (including phenoxy) is 1. The number of hydrogen-bond acceptors (Lipinski definition) is 4. The fourth-order valence-corrected chi connectivity index (χ4v) is 1.55. The minimum absolute atomic E-state index is 0.102. The molecule has 0 saturated carbocycles. The Bertz CT molecular complexity index is 294. The summed E-state index contributed by atoms with van der Waals surface area (Å²) in [6, 6.07) is 7.90. The number of rotatable bonds is 8. The predicted molar refractivity (Wildman–Crippen MR) is 67.3 cm³/mol. The van der Waals surface area contributed by atoms with Crippen molar-refractivity contribution in [3.8, 4) is 5.75 Å². The first-order valence-electron chi connectivity index (χ1n) is 5.90. The van der Waals surface area contributed by atoms with E-state index in [1.807, 2.05) is 36.1 Å². The summed E-state index contributed by atoms with van der Waals surface area (Å²) in [6.07, 6.45) is 0. The van der Waals surface area contributed by atoms with E-state index in [0.29, 0.717) is 26.2 Å². The van der Waals surface area contributed by atoms with Crippen molar-refractivity contribution < 1.29 is 14.9 Å². The molecule has 0 heterocycles. The summed E-state index contributed by atoms with van der Waals surface area (Å²) in [5.41, 5.74) is 1.21. The Kier molecular flexibility index (Phi) is 6.62. The molecule has 1 aromatic rings. The molecule has 0 aliphatic rings. The van der Waals surface area contributed by atoms with Crippen molar-refractivity contribution in [2.75, 3.05) is 39.5 Å². The van der Waals surface area contributed by atoms with Crippen molar-refractivity contribution in [3.63, 3.8) is 0 Å². The largest absolute Gasteiger partial charge is 0.492 e. The first-order valence-corrected chi connectivity index (χ1v) is 5.90. The maximum Gasteiger partial charge on any atom is 0.119 e. The van der Waals surface area contributed by atoms with Gasteiger partial charge in [0.15, 0.2) is 0 Å². The van der Waals surface area contributed by atoms with Crippen LogP contribution in [0.3, 0.4) is 0 Å². The Morgan fingerprint density at radius 1 is 1.00 bits per heavy atom. The van der Waals surface area contributed by atoms with Crippen LogP contribution in [0.5, 0.6) is 5.75 Å². The highest BCUT2D eigenvalue weighted by Gasteiger charge is 2.03. The van der Waals surface area contributed by atoms with Gasteiger partial charge in [-0.25, -0.2) is 0 Å². The molecule has 0 radical (unpaired) electrons. The molecule has 0 unspecified atom stereocenters. The van der Waals surface area contributed by atoms with Gasteiger partial charge in [0.1, 0.15) is 12.4 Å². The molecule has 0 aliphatic carbocycles. The molecule has 0 spiro atoms. The highest BCUT2D eigenvalue weighted by atomic mass is 16.5. The van der Waals surface area contributed by atoms with E-state index in [1.165, 1.54) is 5.56 Å². The van der Waals surface area contributed by atoms with Crippen LogP contribution >= 0.6 is 0 Å². The molecule has 2 N–H and O–H groups in total. The van der Waals surface area contributed by atoms with E-state index in [0.717, 1.165) is 5.75 Å². The number of benzene rings is 1. The molecule has 0 aliphatic heterocycles. The molecule has 96 valence electrons. The molecule has 1 aromatic carbocycles. The summed E-state index contributed by atoms with van der Waals surface area (Å²) < 4.78 is 5.58. The predicted octanol–water partition coefficient (Wildman–Crippen LogP) is 0.660. The summed E-state index contributed by atoms with van der Waals surface area (Å²) in [4.78, 5) is 1.97. The van der Waals surface area contributed by atoms with Crippen LogP contribution in [-0.4, -0.2) is 54.6 Å². The second kappa shape index (κ2) is 8.06. The molecule has 0 fully saturated rings. The lowest BCUT2D eigenvalue weighted by atomic mass is 10.2. The maximum absolute atomic E-state index is 8.85. The van der Waals surface area contributed by atoms with E-state index in [-0.39, 0.29) is 13.2 Å². The zero-order chi connectivity index (χ0) is 12.5. The molecular weight excluding hydrogens is 218 g/mol. The van der Waals surface area contributed by atoms with Crippen LogP contribution in [-0.2, 0) is 0 Å². The van der Waals surface area contributed by atoms with Crippen molar-refractivity contribution >= 4 is 0 Å². The van der Waals surface area contributed by atoms with E-state index in [2.05, 4.69) is 0 Å². The van der Waals surface area contributed by atoms with E-state index in [4.69, 9.17) is 14.9 Å². The quantitative estimate of drug-likeness (QED) is 0.700. The van der Waals surface area contributed by atoms with E-state index in [9.17, 15) is 0 Å². The lowest BCUT2D eigenvalue weighted by Crippen LogP contribution is -2.33. The molecule has 1 rings (SSSR count). The Labute approximate surface area is 102 Å². The average Bonchev–Trinajstić information content (AvgIpc) is 2.32. The first kappa shape index (κ1) is 14.0. The van der Waals surface area contributed by atoms with Gasteiger partial charge in [0.25, 0.3) is 0 Å². The number of aryl methyl sites for hydroxylation is 1. The molecule has 0 atom stereocenters. The second-order valence-electron chi connectivity index (χ2n) is 3.95. The van der Waals surface area contributed by atoms with Gasteiger partial charge in [-0.2, -0.15) is 0 Å². The highest BCUT2D eigenvalue weighted by molar-refractivity contribution is 5.26. The Morgan fingerprint density at radius 3 is 2.12 bits per heavy atom. The second-order valence-corrected chi connectivity index (χ2v) is 3.95. The normalized spacial score (nSPS) is 10.8. The van der Waals surface area contributed by atoms with Crippen molar-refractivity contribution in [2.45, 2.75) is 6.92 Å². The van der Waals surface area contributed by atoms with Gasteiger partial charge in [-0.1, -0.05) is 17.7 Å². The molecular formula is C13H21NO3. The standard InChI is InChI=1S/C13H21NO3/c1-12-2-4-13(5-3-12)17-11-8-14(6-9-15)7-10-16/h2-5,15-16H,6-11H2,1H3. The minimum Gasteiger partial charge on any atom is -0.492 e. The molecule has 17 heavy (non-hydrogen) atoms. The summed E-state index contributed by atoms with van der Waals surface area (Å²) in [6.45, 7) is 4.64. The monoisotopic (exact) mass is 239 g/mol. The van der Waals surface area contributed by atoms with Gasteiger partial charge in [-0.15, -0.1) is 0 Å². The summed E-state index contributed by atoms with van der Waals surface area (Å²) in [5.74, 6) is 0.851. The lowest BCUT2D eigenvalue weighted by Gasteiger charge is -2.20. The Balaban J connectivity index is 2.27. The van der Waals surface area contributed by atoms with Gasteiger partial charge in [-0.05, 0) is 19.1 Å². The Hall–Kier alpha value is -1.10. The van der Waals surface area contributed by atoms with Gasteiger partial charge in [0.2, 0.25) is 0 Å². The van der Waals surface area contributed by atoms with Crippen molar-refractivity contribution in [2.24, 2.45) is 0 Å². The van der Waals surface area contributed by atoms with Crippen molar-refractivity contribution in [1.29, 1.82) is 0 Å². The topological polar surface area (TPSA) is 52.9 Å². The maximum atomic E-state index is 8.85. The number of aliphatic hydroxyl groups is 2. The van der Waals surface area contributed by atoms with Crippen molar-refractivity contribution in [3.05, 3.63) is 29.8 Å². The lowest BCUT2D eigenvalue weighted by molar-refractivity contribution is 0.141. The molecule has 0 amide bonds. The van der Waals surface area contributed by atoms with Gasteiger partial charge < -0.3 is 14.9 Å². The van der Waals surface area contributed by atoms with E-state index < -0.39 is 0 Å². The molecule has 0 saturated heterocycles. The first-order chi connectivity index (χ1) is 8.26. The molecule has 0 aromatic heterocycles. The summed E-state index contributed by atoms with van der Waals surface area (Å²) in [5, 5.41) is 17.7. The van der Waals surface area contributed by atoms with Gasteiger partial charge in [0, 0.05) is 19.6 Å². The number of hydrogen-bond donors (Lipinski definition) is 2. The van der Waals surface area contributed by atoms with Gasteiger partial charge in [-0.3, -0.25) is 4.90 Å². The van der Waals surface area contributed by atoms with Crippen LogP contribution in [0, 0.1) is 6.92 Å². The minimum atomic E-state index is 0.102. The highest BCUT2D eigenvalue weighted by Crippen LogP contribution is 2.11. The van der Waals surface area contributed by atoms with E-state index >= 15 is 0 Å². The van der Waals surface area contributed by atoms with Crippen LogP contribution in [0.2, 0.25) is 0 Å². The zero-order valence-electron chi connectivity index (χ0n) is 10.3. The fourth-order valence-electron chi connectivity index (χ4n) is 1.55. The fraction of sp³-hybridized carbons (Fsp3) is 0.538. The third-order valence-electron chi connectivity index (χ3n) is 2.53. The van der Waals surface area contributed by atoms with Crippen molar-refractivity contribution in [1.82, 2.24) is 4.90 Å². The van der Waals surface area contributed by atoms with Gasteiger partial charge >= 0.3 is 0 Å². The average molecular weight is 239 g/mol. The zero-order valence-corrected chi connectivity index (χ0v) is 10.3. The van der Waals surface area contributed by atoms with Crippen LogP contribution in [0.15, 0.2) is 24.3 Å². The molecule has 4 heteroatoms. The summed E-state index contributed by atoms with van der Waals surface area (Å²) >= 11 is 0. The van der Waals surface area contributed by atoms with Gasteiger partial charge in [0.05, 0.1) is 13.2 Å². The van der Waals surface area contributed by atoms with E-state index in [1.54, 1.807) is 0 Å². The third kappa shape index (κ3) is 5.68. The van der Waals surface area contributed by atoms with Crippen LogP contribution in [0.4, 0.5) is 0 Å². The van der Waals surface area contributed by atoms with Crippen LogP contribution < -0.4 is 4.74 Å². The van der Waals surface area contributed by atoms with Crippen LogP contribution in [0.25, 0.3) is 0 Å². The third-order valence-corrected chi connectivity index (χ3v) is 2.53. The number of aliphatic hydroxyl groups excluding tert-OH is 2. The smallest absolute Gasteiger partial charge is 0.119 e. The summed E-state index contributed by atoms with van der Waals surface area (Å²) in [7, 11) is 0. The SMILES string of the molecule is Cc1ccc(OCCN(CCO)CCO)cc1. The number of nitrogens with zero attached hydrogens (tertiary/aromatic N) is 1.